The lowest BCUT2D eigenvalue weighted by Crippen LogP contribution is -2.39. The molecule has 1 rings (SSSR count). The first-order valence-electron chi connectivity index (χ1n) is 6.74. The van der Waals surface area contributed by atoms with Crippen molar-refractivity contribution in [1.29, 1.82) is 0 Å². The van der Waals surface area contributed by atoms with Crippen LogP contribution in [0.15, 0.2) is 10.4 Å². The molecule has 10 heteroatoms. The summed E-state index contributed by atoms with van der Waals surface area (Å²) >= 11 is 0.876. The first kappa shape index (κ1) is 18.5. The number of anilines is 1. The van der Waals surface area contributed by atoms with E-state index < -0.39 is 9.84 Å². The summed E-state index contributed by atoms with van der Waals surface area (Å²) in [4.78, 5) is 28.1. The second-order valence-corrected chi connectivity index (χ2v) is 7.66. The Labute approximate surface area is 133 Å². The van der Waals surface area contributed by atoms with Crippen LogP contribution in [0, 0.1) is 0 Å². The van der Waals surface area contributed by atoms with Crippen molar-refractivity contribution in [3.8, 4) is 0 Å². The van der Waals surface area contributed by atoms with Gasteiger partial charge in [0.2, 0.25) is 21.7 Å². The average molecular weight is 348 g/mol. The molecule has 0 aromatic carbocycles. The van der Waals surface area contributed by atoms with Crippen LogP contribution in [-0.2, 0) is 19.4 Å². The number of amides is 2. The van der Waals surface area contributed by atoms with E-state index in [0.29, 0.717) is 13.1 Å². The van der Waals surface area contributed by atoms with Gasteiger partial charge in [-0.15, -0.1) is 0 Å². The predicted octanol–water partition coefficient (Wildman–Crippen LogP) is 0.291. The van der Waals surface area contributed by atoms with Crippen LogP contribution in [0.5, 0.6) is 0 Å². The summed E-state index contributed by atoms with van der Waals surface area (Å²) in [5.41, 5.74) is 0. The molecule has 0 aliphatic rings. The smallest absolute Gasteiger partial charge is 0.236 e. The van der Waals surface area contributed by atoms with E-state index in [1.807, 2.05) is 13.8 Å². The van der Waals surface area contributed by atoms with Crippen LogP contribution in [0.3, 0.4) is 0 Å². The summed E-state index contributed by atoms with van der Waals surface area (Å²) in [6, 6.07) is 0. The number of likely N-dealkylation sites (N-methyl/N-ethyl adjacent to an activating group) is 1. The maximum Gasteiger partial charge on any atom is 0.236 e. The zero-order valence-electron chi connectivity index (χ0n) is 12.7. The Kier molecular flexibility index (Phi) is 6.91. The van der Waals surface area contributed by atoms with Crippen LogP contribution in [0.2, 0.25) is 0 Å². The molecule has 0 aliphatic carbocycles. The number of carbonyl (C=O) groups excluding carboxylic acids is 2. The molecule has 0 saturated heterocycles. The molecule has 2 amide bonds. The SMILES string of the molecule is CCN(CC)C(=O)CNCS(=O)(=O)c1cnc(NC(C)=O)s1. The minimum absolute atomic E-state index is 0.0408. The summed E-state index contributed by atoms with van der Waals surface area (Å²) in [7, 11) is -3.59. The molecule has 0 radical (unpaired) electrons. The van der Waals surface area contributed by atoms with Crippen molar-refractivity contribution in [2.75, 3.05) is 30.8 Å². The number of rotatable bonds is 8. The highest BCUT2D eigenvalue weighted by atomic mass is 32.2. The fourth-order valence-corrected chi connectivity index (χ4v) is 3.91. The number of nitrogens with one attached hydrogen (secondary N) is 2. The molecule has 1 heterocycles. The Hall–Kier alpha value is -1.52. The van der Waals surface area contributed by atoms with E-state index in [1.165, 1.54) is 13.1 Å². The van der Waals surface area contributed by atoms with Gasteiger partial charge in [-0.1, -0.05) is 11.3 Å². The van der Waals surface area contributed by atoms with Crippen LogP contribution in [0.25, 0.3) is 0 Å². The van der Waals surface area contributed by atoms with Crippen molar-refractivity contribution in [1.82, 2.24) is 15.2 Å². The zero-order chi connectivity index (χ0) is 16.8. The summed E-state index contributed by atoms with van der Waals surface area (Å²) in [6.45, 7) is 6.16. The maximum absolute atomic E-state index is 12.1. The van der Waals surface area contributed by atoms with Crippen molar-refractivity contribution in [3.05, 3.63) is 6.20 Å². The molecule has 0 spiro atoms. The van der Waals surface area contributed by atoms with E-state index in [9.17, 15) is 18.0 Å². The van der Waals surface area contributed by atoms with Gasteiger partial charge in [-0.25, -0.2) is 13.4 Å². The van der Waals surface area contributed by atoms with Gasteiger partial charge in [0.1, 0.15) is 10.1 Å². The van der Waals surface area contributed by atoms with Gasteiger partial charge < -0.3 is 10.2 Å². The minimum atomic E-state index is -3.59. The van der Waals surface area contributed by atoms with Gasteiger partial charge in [0, 0.05) is 20.0 Å². The molecule has 0 atom stereocenters. The Morgan fingerprint density at radius 1 is 1.32 bits per heavy atom. The van der Waals surface area contributed by atoms with Crippen molar-refractivity contribution in [2.24, 2.45) is 0 Å². The third kappa shape index (κ3) is 5.35. The molecular formula is C12H20N4O4S2. The quantitative estimate of drug-likeness (QED) is 0.699. The molecular weight excluding hydrogens is 328 g/mol. The number of sulfone groups is 1. The van der Waals surface area contributed by atoms with E-state index in [1.54, 1.807) is 4.90 Å². The Morgan fingerprint density at radius 3 is 2.50 bits per heavy atom. The van der Waals surface area contributed by atoms with Crippen molar-refractivity contribution >= 4 is 38.1 Å². The highest BCUT2D eigenvalue weighted by Gasteiger charge is 2.19. The van der Waals surface area contributed by atoms with Crippen LogP contribution in [0.4, 0.5) is 5.13 Å². The summed E-state index contributed by atoms with van der Waals surface area (Å²) in [5.74, 6) is -0.827. The molecule has 0 aliphatic heterocycles. The topological polar surface area (TPSA) is 108 Å². The number of aromatic nitrogens is 1. The first-order valence-corrected chi connectivity index (χ1v) is 9.21. The lowest BCUT2D eigenvalue weighted by molar-refractivity contribution is -0.129. The number of hydrogen-bond donors (Lipinski definition) is 2. The van der Waals surface area contributed by atoms with Gasteiger partial charge in [-0.05, 0) is 13.8 Å². The number of hydrogen-bond acceptors (Lipinski definition) is 7. The van der Waals surface area contributed by atoms with Crippen LogP contribution in [0.1, 0.15) is 20.8 Å². The first-order chi connectivity index (χ1) is 10.3. The van der Waals surface area contributed by atoms with Gasteiger partial charge in [0.25, 0.3) is 0 Å². The van der Waals surface area contributed by atoms with Gasteiger partial charge >= 0.3 is 0 Å². The Bertz CT molecular complexity index is 623. The molecule has 1 aromatic heterocycles. The van der Waals surface area contributed by atoms with E-state index >= 15 is 0 Å². The third-order valence-electron chi connectivity index (χ3n) is 2.76. The lowest BCUT2D eigenvalue weighted by Gasteiger charge is -2.18. The van der Waals surface area contributed by atoms with Crippen molar-refractivity contribution < 1.29 is 18.0 Å². The summed E-state index contributed by atoms with van der Waals surface area (Å²) < 4.78 is 24.2. The van der Waals surface area contributed by atoms with E-state index in [-0.39, 0.29) is 33.6 Å². The molecule has 0 fully saturated rings. The van der Waals surface area contributed by atoms with E-state index in [0.717, 1.165) is 11.3 Å². The van der Waals surface area contributed by atoms with Crippen LogP contribution >= 0.6 is 11.3 Å². The Morgan fingerprint density at radius 2 is 1.95 bits per heavy atom. The predicted molar refractivity (Wildman–Crippen MR) is 84.4 cm³/mol. The molecule has 2 N–H and O–H groups in total. The normalized spacial score (nSPS) is 11.2. The van der Waals surface area contributed by atoms with Crippen LogP contribution < -0.4 is 10.6 Å². The number of nitrogens with zero attached hydrogens (tertiary/aromatic N) is 2. The number of thiazole rings is 1. The monoisotopic (exact) mass is 348 g/mol. The minimum Gasteiger partial charge on any atom is -0.342 e. The third-order valence-corrected chi connectivity index (χ3v) is 5.78. The maximum atomic E-state index is 12.1. The molecule has 124 valence electrons. The summed E-state index contributed by atoms with van der Waals surface area (Å²) in [6.07, 6.45) is 1.19. The van der Waals surface area contributed by atoms with Gasteiger partial charge in [0.15, 0.2) is 5.13 Å². The highest BCUT2D eigenvalue weighted by molar-refractivity contribution is 7.93. The molecule has 22 heavy (non-hydrogen) atoms. The Balaban J connectivity index is 2.59. The van der Waals surface area contributed by atoms with Gasteiger partial charge in [0.05, 0.1) is 12.7 Å². The van der Waals surface area contributed by atoms with Crippen molar-refractivity contribution in [3.63, 3.8) is 0 Å². The molecule has 8 nitrogen and oxygen atoms in total. The van der Waals surface area contributed by atoms with Crippen molar-refractivity contribution in [2.45, 2.75) is 25.0 Å². The lowest BCUT2D eigenvalue weighted by atomic mass is 10.4. The second kappa shape index (κ2) is 8.20. The van der Waals surface area contributed by atoms with Crippen LogP contribution in [-0.4, -0.2) is 55.6 Å². The molecule has 0 saturated carbocycles. The standard InChI is InChI=1S/C12H20N4O4S2/c1-4-16(5-2)10(18)6-13-8-22(19,20)11-7-14-12(21-11)15-9(3)17/h7,13H,4-6,8H2,1-3H3,(H,14,15,17). The zero-order valence-corrected chi connectivity index (χ0v) is 14.4. The van der Waals surface area contributed by atoms with E-state index in [4.69, 9.17) is 0 Å². The molecule has 1 aromatic rings. The van der Waals surface area contributed by atoms with E-state index in [2.05, 4.69) is 15.6 Å². The average Bonchev–Trinajstić information content (AvgIpc) is 2.88. The second-order valence-electron chi connectivity index (χ2n) is 4.42. The fourth-order valence-electron chi connectivity index (χ4n) is 1.66. The fraction of sp³-hybridized carbons (Fsp3) is 0.583. The summed E-state index contributed by atoms with van der Waals surface area (Å²) in [5, 5.41) is 5.29. The molecule has 0 bridgehead atoms. The van der Waals surface area contributed by atoms with Gasteiger partial charge in [-0.3, -0.25) is 14.9 Å². The molecule has 0 unspecified atom stereocenters. The highest BCUT2D eigenvalue weighted by Crippen LogP contribution is 2.23. The number of carbonyl (C=O) groups is 2. The van der Waals surface area contributed by atoms with Gasteiger partial charge in [-0.2, -0.15) is 0 Å². The largest absolute Gasteiger partial charge is 0.342 e.